The number of allylic oxidation sites excluding steroid dienone is 2. The maximum absolute atomic E-state index is 12.6. The summed E-state index contributed by atoms with van der Waals surface area (Å²) in [5.41, 5.74) is 1.27. The third-order valence-electron chi connectivity index (χ3n) is 6.24. The molecule has 0 aromatic rings. The molecule has 3 rings (SSSR count). The smallest absolute Gasteiger partial charge is 0.228 e. The second kappa shape index (κ2) is 9.40. The Kier molecular flexibility index (Phi) is 6.94. The first-order valence-electron chi connectivity index (χ1n) is 10.5. The molecule has 0 aromatic carbocycles. The SMILES string of the molecule is O=C(CCC1CCCCC1)NCCC(=O)N1CCCC2CCCC=C21. The summed E-state index contributed by atoms with van der Waals surface area (Å²) in [4.78, 5) is 26.6. The summed E-state index contributed by atoms with van der Waals surface area (Å²) in [6.07, 6.45) is 16.9. The average Bonchev–Trinajstić information content (AvgIpc) is 2.66. The molecule has 1 saturated carbocycles. The number of carbonyl (C=O) groups is 2. The third kappa shape index (κ3) is 5.32. The molecule has 1 N–H and O–H groups in total. The normalized spacial score (nSPS) is 24.4. The lowest BCUT2D eigenvalue weighted by molar-refractivity contribution is -0.130. The van der Waals surface area contributed by atoms with E-state index in [1.807, 2.05) is 4.90 Å². The molecule has 2 amide bonds. The van der Waals surface area contributed by atoms with Crippen LogP contribution < -0.4 is 5.32 Å². The Hall–Kier alpha value is -1.32. The summed E-state index contributed by atoms with van der Waals surface area (Å²) in [6, 6.07) is 0. The lowest BCUT2D eigenvalue weighted by Crippen LogP contribution is -2.40. The molecule has 0 spiro atoms. The molecule has 2 fully saturated rings. The Labute approximate surface area is 152 Å². The van der Waals surface area contributed by atoms with E-state index in [-0.39, 0.29) is 11.8 Å². The fourth-order valence-electron chi connectivity index (χ4n) is 4.79. The summed E-state index contributed by atoms with van der Waals surface area (Å²) < 4.78 is 0. The molecule has 0 aromatic heterocycles. The maximum Gasteiger partial charge on any atom is 0.228 e. The van der Waals surface area contributed by atoms with Crippen LogP contribution in [0, 0.1) is 11.8 Å². The predicted molar refractivity (Wildman–Crippen MR) is 99.8 cm³/mol. The van der Waals surface area contributed by atoms with Gasteiger partial charge < -0.3 is 10.2 Å². The maximum atomic E-state index is 12.6. The van der Waals surface area contributed by atoms with Crippen molar-refractivity contribution in [2.75, 3.05) is 13.1 Å². The van der Waals surface area contributed by atoms with Gasteiger partial charge in [-0.15, -0.1) is 0 Å². The Morgan fingerprint density at radius 1 is 1.00 bits per heavy atom. The monoisotopic (exact) mass is 346 g/mol. The molecule has 2 aliphatic carbocycles. The van der Waals surface area contributed by atoms with Gasteiger partial charge >= 0.3 is 0 Å². The lowest BCUT2D eigenvalue weighted by atomic mass is 9.85. The van der Waals surface area contributed by atoms with Crippen LogP contribution >= 0.6 is 0 Å². The van der Waals surface area contributed by atoms with Gasteiger partial charge in [0, 0.05) is 31.6 Å². The van der Waals surface area contributed by atoms with E-state index in [2.05, 4.69) is 11.4 Å². The van der Waals surface area contributed by atoms with E-state index in [4.69, 9.17) is 0 Å². The van der Waals surface area contributed by atoms with E-state index in [1.165, 1.54) is 57.1 Å². The Morgan fingerprint density at radius 3 is 2.64 bits per heavy atom. The Bertz CT molecular complexity index is 494. The largest absolute Gasteiger partial charge is 0.356 e. The first-order valence-corrected chi connectivity index (χ1v) is 10.5. The molecule has 1 aliphatic heterocycles. The number of amides is 2. The number of nitrogens with one attached hydrogen (secondary N) is 1. The van der Waals surface area contributed by atoms with Gasteiger partial charge in [-0.2, -0.15) is 0 Å². The molecule has 4 heteroatoms. The summed E-state index contributed by atoms with van der Waals surface area (Å²) >= 11 is 0. The number of likely N-dealkylation sites (tertiary alicyclic amines) is 1. The van der Waals surface area contributed by atoms with Crippen molar-refractivity contribution < 1.29 is 9.59 Å². The molecule has 0 bridgehead atoms. The van der Waals surface area contributed by atoms with Crippen molar-refractivity contribution in [1.82, 2.24) is 10.2 Å². The molecule has 3 aliphatic rings. The van der Waals surface area contributed by atoms with Crippen molar-refractivity contribution in [1.29, 1.82) is 0 Å². The van der Waals surface area contributed by atoms with Crippen LogP contribution in [0.3, 0.4) is 0 Å². The van der Waals surface area contributed by atoms with E-state index >= 15 is 0 Å². The molecule has 1 saturated heterocycles. The first kappa shape index (κ1) is 18.5. The standard InChI is InChI=1S/C21H34N2O2/c24-20(13-12-17-7-2-1-3-8-17)22-15-14-21(25)23-16-6-10-18-9-4-5-11-19(18)23/h11,17-18H,1-10,12-16H2,(H,22,24). The fourth-order valence-corrected chi connectivity index (χ4v) is 4.79. The van der Waals surface area contributed by atoms with E-state index < -0.39 is 0 Å². The number of nitrogens with zero attached hydrogens (tertiary/aromatic N) is 1. The van der Waals surface area contributed by atoms with Crippen LogP contribution in [0.2, 0.25) is 0 Å². The number of carbonyl (C=O) groups excluding carboxylic acids is 2. The van der Waals surface area contributed by atoms with Crippen LogP contribution in [-0.2, 0) is 9.59 Å². The van der Waals surface area contributed by atoms with Crippen LogP contribution in [-0.4, -0.2) is 29.8 Å². The van der Waals surface area contributed by atoms with Gasteiger partial charge in [0.25, 0.3) is 0 Å². The molecule has 25 heavy (non-hydrogen) atoms. The van der Waals surface area contributed by atoms with Gasteiger partial charge in [0.15, 0.2) is 0 Å². The summed E-state index contributed by atoms with van der Waals surface area (Å²) in [7, 11) is 0. The van der Waals surface area contributed by atoms with E-state index in [0.717, 1.165) is 31.7 Å². The number of fused-ring (bicyclic) bond motifs is 1. The predicted octanol–water partition coefficient (Wildman–Crippen LogP) is 4.16. The minimum atomic E-state index is 0.117. The Morgan fingerprint density at radius 2 is 1.80 bits per heavy atom. The summed E-state index contributed by atoms with van der Waals surface area (Å²) in [6.45, 7) is 1.34. The molecule has 1 heterocycles. The highest BCUT2D eigenvalue weighted by Gasteiger charge is 2.29. The molecular formula is C21H34N2O2. The lowest BCUT2D eigenvalue weighted by Gasteiger charge is -2.38. The molecular weight excluding hydrogens is 312 g/mol. The average molecular weight is 347 g/mol. The van der Waals surface area contributed by atoms with Gasteiger partial charge in [-0.3, -0.25) is 9.59 Å². The highest BCUT2D eigenvalue weighted by atomic mass is 16.2. The third-order valence-corrected chi connectivity index (χ3v) is 6.24. The van der Waals surface area contributed by atoms with Gasteiger partial charge in [-0.1, -0.05) is 38.2 Å². The molecule has 140 valence electrons. The van der Waals surface area contributed by atoms with Gasteiger partial charge in [-0.25, -0.2) is 0 Å². The van der Waals surface area contributed by atoms with Crippen LogP contribution in [0.4, 0.5) is 0 Å². The van der Waals surface area contributed by atoms with Gasteiger partial charge in [0.2, 0.25) is 11.8 Å². The number of rotatable bonds is 6. The van der Waals surface area contributed by atoms with Gasteiger partial charge in [-0.05, 0) is 50.4 Å². The highest BCUT2D eigenvalue weighted by Crippen LogP contribution is 2.35. The van der Waals surface area contributed by atoms with E-state index in [1.54, 1.807) is 0 Å². The molecule has 1 atom stereocenters. The van der Waals surface area contributed by atoms with Crippen molar-refractivity contribution in [3.8, 4) is 0 Å². The highest BCUT2D eigenvalue weighted by molar-refractivity contribution is 5.80. The minimum absolute atomic E-state index is 0.117. The number of piperidine rings is 1. The second-order valence-electron chi connectivity index (χ2n) is 8.09. The zero-order valence-electron chi connectivity index (χ0n) is 15.6. The number of hydrogen-bond acceptors (Lipinski definition) is 2. The van der Waals surface area contributed by atoms with Gasteiger partial charge in [0.1, 0.15) is 0 Å². The van der Waals surface area contributed by atoms with Crippen LogP contribution in [0.25, 0.3) is 0 Å². The topological polar surface area (TPSA) is 49.4 Å². The summed E-state index contributed by atoms with van der Waals surface area (Å²) in [5.74, 6) is 1.64. The zero-order valence-corrected chi connectivity index (χ0v) is 15.6. The molecule has 0 radical (unpaired) electrons. The van der Waals surface area contributed by atoms with Crippen molar-refractivity contribution in [2.24, 2.45) is 11.8 Å². The number of hydrogen-bond donors (Lipinski definition) is 1. The minimum Gasteiger partial charge on any atom is -0.356 e. The molecule has 1 unspecified atom stereocenters. The summed E-state index contributed by atoms with van der Waals surface area (Å²) in [5, 5.41) is 2.96. The van der Waals surface area contributed by atoms with E-state index in [0.29, 0.717) is 25.3 Å². The van der Waals surface area contributed by atoms with Crippen molar-refractivity contribution >= 4 is 11.8 Å². The first-order chi connectivity index (χ1) is 12.2. The van der Waals surface area contributed by atoms with Crippen molar-refractivity contribution in [3.63, 3.8) is 0 Å². The van der Waals surface area contributed by atoms with Crippen molar-refractivity contribution in [2.45, 2.75) is 83.5 Å². The van der Waals surface area contributed by atoms with Crippen molar-refractivity contribution in [3.05, 3.63) is 11.8 Å². The van der Waals surface area contributed by atoms with E-state index in [9.17, 15) is 9.59 Å². The molecule has 4 nitrogen and oxygen atoms in total. The van der Waals surface area contributed by atoms with Crippen LogP contribution in [0.1, 0.15) is 83.5 Å². The fraction of sp³-hybridized carbons (Fsp3) is 0.810. The van der Waals surface area contributed by atoms with Gasteiger partial charge in [0.05, 0.1) is 0 Å². The van der Waals surface area contributed by atoms with Crippen LogP contribution in [0.5, 0.6) is 0 Å². The second-order valence-corrected chi connectivity index (χ2v) is 8.09. The zero-order chi connectivity index (χ0) is 17.5. The van der Waals surface area contributed by atoms with Crippen LogP contribution in [0.15, 0.2) is 11.8 Å². The Balaban J connectivity index is 1.35. The quantitative estimate of drug-likeness (QED) is 0.785.